The Balaban J connectivity index is 1.25. The maximum atomic E-state index is 13.7. The summed E-state index contributed by atoms with van der Waals surface area (Å²) in [5, 5.41) is 2.33. The molecule has 2 aromatic carbocycles. The second-order valence-corrected chi connectivity index (χ2v) is 7.31. The van der Waals surface area contributed by atoms with E-state index < -0.39 is 23.4 Å². The third-order valence-electron chi connectivity index (χ3n) is 5.28. The molecule has 29 heavy (non-hydrogen) atoms. The summed E-state index contributed by atoms with van der Waals surface area (Å²) in [6.07, 6.45) is 0. The number of carbonyl (C=O) groups is 1. The first-order chi connectivity index (χ1) is 14.0. The van der Waals surface area contributed by atoms with Crippen molar-refractivity contribution in [2.75, 3.05) is 44.8 Å². The van der Waals surface area contributed by atoms with Gasteiger partial charge >= 0.3 is 0 Å². The summed E-state index contributed by atoms with van der Waals surface area (Å²) in [5.74, 6) is -3.15. The van der Waals surface area contributed by atoms with Crippen LogP contribution in [0.1, 0.15) is 5.56 Å². The lowest BCUT2D eigenvalue weighted by atomic mass is 10.1. The number of quaternary nitrogens is 2. The van der Waals surface area contributed by atoms with Gasteiger partial charge < -0.3 is 24.6 Å². The summed E-state index contributed by atoms with van der Waals surface area (Å²) in [6, 6.07) is 7.76. The molecule has 0 aromatic heterocycles. The van der Waals surface area contributed by atoms with E-state index in [9.17, 15) is 18.0 Å². The fourth-order valence-electron chi connectivity index (χ4n) is 3.69. The van der Waals surface area contributed by atoms with Gasteiger partial charge in [0.15, 0.2) is 35.5 Å². The molecule has 2 aliphatic rings. The summed E-state index contributed by atoms with van der Waals surface area (Å²) in [5.41, 5.74) is 0.819. The van der Waals surface area contributed by atoms with E-state index in [0.717, 1.165) is 61.3 Å². The third kappa shape index (κ3) is 4.46. The van der Waals surface area contributed by atoms with Crippen LogP contribution < -0.4 is 24.6 Å². The molecule has 0 atom stereocenters. The van der Waals surface area contributed by atoms with Gasteiger partial charge in [-0.15, -0.1) is 0 Å². The van der Waals surface area contributed by atoms with E-state index >= 15 is 0 Å². The molecule has 2 aliphatic heterocycles. The van der Waals surface area contributed by atoms with Gasteiger partial charge in [-0.3, -0.25) is 4.79 Å². The van der Waals surface area contributed by atoms with Crippen molar-refractivity contribution >= 4 is 11.6 Å². The van der Waals surface area contributed by atoms with Crippen LogP contribution in [-0.4, -0.2) is 45.4 Å². The number of hydrogen-bond acceptors (Lipinski definition) is 3. The second-order valence-electron chi connectivity index (χ2n) is 7.31. The zero-order chi connectivity index (χ0) is 20.4. The molecule has 0 unspecified atom stereocenters. The third-order valence-corrected chi connectivity index (χ3v) is 5.28. The molecule has 2 heterocycles. The Morgan fingerprint density at radius 3 is 2.45 bits per heavy atom. The highest BCUT2D eigenvalue weighted by molar-refractivity contribution is 5.91. The van der Waals surface area contributed by atoms with Crippen molar-refractivity contribution in [3.05, 3.63) is 53.3 Å². The number of piperazine rings is 1. The van der Waals surface area contributed by atoms with E-state index in [2.05, 4.69) is 5.32 Å². The second kappa shape index (κ2) is 8.30. The summed E-state index contributed by atoms with van der Waals surface area (Å²) in [4.78, 5) is 14.6. The molecule has 1 saturated heterocycles. The number of hydrogen-bond donors (Lipinski definition) is 3. The van der Waals surface area contributed by atoms with Crippen LogP contribution in [-0.2, 0) is 11.3 Å². The van der Waals surface area contributed by atoms with E-state index in [-0.39, 0.29) is 19.0 Å². The minimum Gasteiger partial charge on any atom is -0.454 e. The first-order valence-electron chi connectivity index (χ1n) is 9.48. The van der Waals surface area contributed by atoms with Gasteiger partial charge in [0.25, 0.3) is 5.91 Å². The van der Waals surface area contributed by atoms with E-state index in [4.69, 9.17) is 9.47 Å². The molecular formula is C20H22F3N3O3+2. The van der Waals surface area contributed by atoms with Gasteiger partial charge in [0.05, 0.1) is 5.69 Å². The SMILES string of the molecule is O=C(C[NH+]1CC[NH+](Cc2ccc3c(c2)OCO3)CC1)Nc1ccc(F)c(F)c1F. The Labute approximate surface area is 165 Å². The molecule has 1 amide bonds. The summed E-state index contributed by atoms with van der Waals surface area (Å²) in [7, 11) is 0. The van der Waals surface area contributed by atoms with Gasteiger partial charge in [0, 0.05) is 5.56 Å². The maximum absolute atomic E-state index is 13.7. The van der Waals surface area contributed by atoms with Crippen LogP contribution in [0.4, 0.5) is 18.9 Å². The Hall–Kier alpha value is -2.78. The Morgan fingerprint density at radius 1 is 0.931 bits per heavy atom. The highest BCUT2D eigenvalue weighted by Gasteiger charge is 2.26. The smallest absolute Gasteiger partial charge is 0.279 e. The zero-order valence-electron chi connectivity index (χ0n) is 15.7. The topological polar surface area (TPSA) is 56.4 Å². The predicted molar refractivity (Wildman–Crippen MR) is 97.5 cm³/mol. The van der Waals surface area contributed by atoms with Crippen LogP contribution in [0.5, 0.6) is 11.5 Å². The van der Waals surface area contributed by atoms with E-state index in [1.54, 1.807) is 0 Å². The summed E-state index contributed by atoms with van der Waals surface area (Å²) in [6.45, 7) is 4.60. The van der Waals surface area contributed by atoms with E-state index in [0.29, 0.717) is 0 Å². The lowest BCUT2D eigenvalue weighted by molar-refractivity contribution is -1.02. The van der Waals surface area contributed by atoms with Crippen molar-refractivity contribution in [2.24, 2.45) is 0 Å². The fraction of sp³-hybridized carbons (Fsp3) is 0.350. The minimum atomic E-state index is -1.59. The van der Waals surface area contributed by atoms with Crippen molar-refractivity contribution in [2.45, 2.75) is 6.54 Å². The molecule has 4 rings (SSSR count). The number of ether oxygens (including phenoxy) is 2. The highest BCUT2D eigenvalue weighted by atomic mass is 19.2. The van der Waals surface area contributed by atoms with Gasteiger partial charge in [-0.2, -0.15) is 0 Å². The van der Waals surface area contributed by atoms with Crippen LogP contribution >= 0.6 is 0 Å². The molecule has 3 N–H and O–H groups in total. The fourth-order valence-corrected chi connectivity index (χ4v) is 3.69. The quantitative estimate of drug-likeness (QED) is 0.598. The number of rotatable bonds is 5. The number of benzene rings is 2. The maximum Gasteiger partial charge on any atom is 0.279 e. The highest BCUT2D eigenvalue weighted by Crippen LogP contribution is 2.32. The largest absolute Gasteiger partial charge is 0.454 e. The number of halogens is 3. The van der Waals surface area contributed by atoms with Crippen LogP contribution in [0.2, 0.25) is 0 Å². The molecule has 154 valence electrons. The van der Waals surface area contributed by atoms with Crippen LogP contribution in [0.25, 0.3) is 0 Å². The number of nitrogens with one attached hydrogen (secondary N) is 3. The molecule has 0 spiro atoms. The van der Waals surface area contributed by atoms with Crippen molar-refractivity contribution in [1.29, 1.82) is 0 Å². The lowest BCUT2D eigenvalue weighted by Crippen LogP contribution is -3.28. The predicted octanol–water partition coefficient (Wildman–Crippen LogP) is -0.245. The van der Waals surface area contributed by atoms with Crippen molar-refractivity contribution < 1.29 is 37.2 Å². The van der Waals surface area contributed by atoms with Crippen LogP contribution in [0.15, 0.2) is 30.3 Å². The number of amides is 1. The number of anilines is 1. The van der Waals surface area contributed by atoms with E-state index in [1.165, 1.54) is 10.5 Å². The van der Waals surface area contributed by atoms with Crippen LogP contribution in [0, 0.1) is 17.5 Å². The lowest BCUT2D eigenvalue weighted by Gasteiger charge is -2.29. The molecule has 0 radical (unpaired) electrons. The van der Waals surface area contributed by atoms with Gasteiger partial charge in [0.2, 0.25) is 6.79 Å². The van der Waals surface area contributed by atoms with Gasteiger partial charge in [-0.25, -0.2) is 13.2 Å². The molecule has 0 saturated carbocycles. The standard InChI is InChI=1S/C20H20F3N3O3/c21-14-2-3-15(20(23)19(14)22)24-18(27)11-26-7-5-25(6-8-26)10-13-1-4-16-17(9-13)29-12-28-16/h1-4,9H,5-8,10-12H2,(H,24,27)/p+2. The van der Waals surface area contributed by atoms with Crippen molar-refractivity contribution in [3.8, 4) is 11.5 Å². The van der Waals surface area contributed by atoms with E-state index in [1.807, 2.05) is 18.2 Å². The Kier molecular flexibility index (Phi) is 5.59. The Bertz CT molecular complexity index is 917. The molecule has 0 aliphatic carbocycles. The zero-order valence-corrected chi connectivity index (χ0v) is 15.7. The number of carbonyl (C=O) groups excluding carboxylic acids is 1. The van der Waals surface area contributed by atoms with Crippen LogP contribution in [0.3, 0.4) is 0 Å². The van der Waals surface area contributed by atoms with Gasteiger partial charge in [-0.05, 0) is 30.3 Å². The average molecular weight is 409 g/mol. The van der Waals surface area contributed by atoms with Crippen molar-refractivity contribution in [1.82, 2.24) is 0 Å². The molecular weight excluding hydrogens is 387 g/mol. The monoisotopic (exact) mass is 409 g/mol. The normalized spacial score (nSPS) is 20.5. The Morgan fingerprint density at radius 2 is 1.66 bits per heavy atom. The molecule has 0 bridgehead atoms. The first-order valence-corrected chi connectivity index (χ1v) is 9.48. The minimum absolute atomic E-state index is 0.149. The average Bonchev–Trinajstić information content (AvgIpc) is 3.18. The first kappa shape index (κ1) is 19.5. The van der Waals surface area contributed by atoms with Gasteiger partial charge in [0.1, 0.15) is 32.7 Å². The number of fused-ring (bicyclic) bond motifs is 1. The molecule has 6 nitrogen and oxygen atoms in total. The molecule has 1 fully saturated rings. The molecule has 2 aromatic rings. The summed E-state index contributed by atoms with van der Waals surface area (Å²) < 4.78 is 50.7. The van der Waals surface area contributed by atoms with Gasteiger partial charge in [-0.1, -0.05) is 0 Å². The summed E-state index contributed by atoms with van der Waals surface area (Å²) >= 11 is 0. The molecule has 9 heteroatoms. The van der Waals surface area contributed by atoms with Crippen molar-refractivity contribution in [3.63, 3.8) is 0 Å².